The number of hydrogen-bond donors (Lipinski definition) is 0. The van der Waals surface area contributed by atoms with Gasteiger partial charge in [0, 0.05) is 46.2 Å². The molecule has 2 saturated heterocycles. The number of carbonyl (C=O) groups is 1. The van der Waals surface area contributed by atoms with Gasteiger partial charge in [-0.2, -0.15) is 17.0 Å². The Bertz CT molecular complexity index is 447. The van der Waals surface area contributed by atoms with Crippen molar-refractivity contribution in [3.05, 3.63) is 0 Å². The summed E-state index contributed by atoms with van der Waals surface area (Å²) in [7, 11) is -3.37. The van der Waals surface area contributed by atoms with Crippen LogP contribution in [0.3, 0.4) is 0 Å². The maximum atomic E-state index is 12.7. The lowest BCUT2D eigenvalue weighted by Gasteiger charge is -2.40. The fourth-order valence-corrected chi connectivity index (χ4v) is 5.03. The minimum Gasteiger partial charge on any atom is -0.340 e. The summed E-state index contributed by atoms with van der Waals surface area (Å²) in [6.45, 7) is 8.75. The summed E-state index contributed by atoms with van der Waals surface area (Å²) in [5, 5.41) is 0. The van der Waals surface area contributed by atoms with Crippen molar-refractivity contribution in [2.45, 2.75) is 27.2 Å². The van der Waals surface area contributed by atoms with Crippen LogP contribution in [0.1, 0.15) is 27.2 Å². The third-order valence-electron chi connectivity index (χ3n) is 4.17. The smallest absolute Gasteiger partial charge is 0.282 e. The van der Waals surface area contributed by atoms with Gasteiger partial charge in [0.25, 0.3) is 10.2 Å². The first-order valence-electron chi connectivity index (χ1n) is 7.31. The normalized spacial score (nSPS) is 30.4. The summed E-state index contributed by atoms with van der Waals surface area (Å²) in [4.78, 5) is 13.0. The van der Waals surface area contributed by atoms with Crippen LogP contribution in [0, 0.1) is 11.8 Å². The van der Waals surface area contributed by atoms with Crippen LogP contribution < -0.4 is 0 Å². The van der Waals surface area contributed by atoms with Crippen molar-refractivity contribution in [1.29, 1.82) is 0 Å². The second-order valence-electron chi connectivity index (χ2n) is 6.18. The van der Waals surface area contributed by atoms with Gasteiger partial charge in [-0.05, 0) is 18.3 Å². The Morgan fingerprint density at radius 3 is 1.90 bits per heavy atom. The highest BCUT2D eigenvalue weighted by Gasteiger charge is 2.36. The average Bonchev–Trinajstić information content (AvgIpc) is 2.37. The second kappa shape index (κ2) is 5.99. The third kappa shape index (κ3) is 3.32. The number of carbonyl (C=O) groups excluding carboxylic acids is 1. The Morgan fingerprint density at radius 2 is 1.45 bits per heavy atom. The van der Waals surface area contributed by atoms with Gasteiger partial charge >= 0.3 is 0 Å². The molecule has 0 radical (unpaired) electrons. The Labute approximate surface area is 121 Å². The van der Waals surface area contributed by atoms with Gasteiger partial charge in [-0.15, -0.1) is 0 Å². The topological polar surface area (TPSA) is 60.9 Å². The van der Waals surface area contributed by atoms with Crippen LogP contribution in [-0.4, -0.2) is 67.1 Å². The molecule has 0 bridgehead atoms. The van der Waals surface area contributed by atoms with Gasteiger partial charge in [0.15, 0.2) is 0 Å². The van der Waals surface area contributed by atoms with Crippen molar-refractivity contribution < 1.29 is 13.2 Å². The first-order chi connectivity index (χ1) is 9.30. The van der Waals surface area contributed by atoms with Gasteiger partial charge in [-0.3, -0.25) is 4.79 Å². The van der Waals surface area contributed by atoms with Crippen LogP contribution in [0.2, 0.25) is 0 Å². The molecule has 2 aliphatic rings. The molecule has 2 atom stereocenters. The molecule has 7 heteroatoms. The molecule has 116 valence electrons. The molecule has 0 aromatic heterocycles. The summed E-state index contributed by atoms with van der Waals surface area (Å²) < 4.78 is 28.5. The number of piperidine rings is 1. The highest BCUT2D eigenvalue weighted by Crippen LogP contribution is 2.25. The molecule has 2 unspecified atom stereocenters. The summed E-state index contributed by atoms with van der Waals surface area (Å²) in [5.41, 5.74) is 0. The summed E-state index contributed by atoms with van der Waals surface area (Å²) in [6.07, 6.45) is 1.09. The zero-order chi connectivity index (χ0) is 14.9. The maximum absolute atomic E-state index is 12.7. The molecular weight excluding hydrogens is 278 g/mol. The van der Waals surface area contributed by atoms with Crippen LogP contribution in [0.4, 0.5) is 0 Å². The first kappa shape index (κ1) is 15.7. The van der Waals surface area contributed by atoms with Crippen molar-refractivity contribution in [1.82, 2.24) is 13.5 Å². The predicted molar refractivity (Wildman–Crippen MR) is 77.3 cm³/mol. The molecule has 2 fully saturated rings. The fraction of sp³-hybridized carbons (Fsp3) is 0.923. The molecule has 0 aromatic rings. The Balaban J connectivity index is 2.02. The van der Waals surface area contributed by atoms with Crippen LogP contribution in [-0.2, 0) is 15.0 Å². The Hall–Kier alpha value is -0.660. The van der Waals surface area contributed by atoms with E-state index in [9.17, 15) is 13.2 Å². The van der Waals surface area contributed by atoms with E-state index in [4.69, 9.17) is 0 Å². The zero-order valence-electron chi connectivity index (χ0n) is 12.6. The molecule has 0 N–H and O–H groups in total. The van der Waals surface area contributed by atoms with E-state index in [-0.39, 0.29) is 5.91 Å². The maximum Gasteiger partial charge on any atom is 0.282 e. The van der Waals surface area contributed by atoms with E-state index in [0.29, 0.717) is 51.1 Å². The lowest BCUT2D eigenvalue weighted by molar-refractivity contribution is -0.130. The monoisotopic (exact) mass is 303 g/mol. The van der Waals surface area contributed by atoms with E-state index in [0.717, 1.165) is 6.42 Å². The molecule has 0 aromatic carbocycles. The number of hydrogen-bond acceptors (Lipinski definition) is 3. The standard InChI is InChI=1S/C13H25N3O3S/c1-11-8-12(2)10-16(9-11)20(18,19)15-6-4-14(5-7-15)13(3)17/h11-12H,4-10H2,1-3H3. The highest BCUT2D eigenvalue weighted by molar-refractivity contribution is 7.86. The molecule has 6 nitrogen and oxygen atoms in total. The van der Waals surface area contributed by atoms with Crippen molar-refractivity contribution >= 4 is 16.1 Å². The minimum atomic E-state index is -3.37. The lowest BCUT2D eigenvalue weighted by Crippen LogP contribution is -2.55. The first-order valence-corrected chi connectivity index (χ1v) is 8.71. The van der Waals surface area contributed by atoms with E-state index in [2.05, 4.69) is 13.8 Å². The summed E-state index contributed by atoms with van der Waals surface area (Å²) >= 11 is 0. The third-order valence-corrected chi connectivity index (χ3v) is 6.14. The largest absolute Gasteiger partial charge is 0.340 e. The van der Waals surface area contributed by atoms with Gasteiger partial charge in [0.2, 0.25) is 5.91 Å². The summed E-state index contributed by atoms with van der Waals surface area (Å²) in [5.74, 6) is 0.835. The molecular formula is C13H25N3O3S. The SMILES string of the molecule is CC(=O)N1CCN(S(=O)(=O)N2CC(C)CC(C)C2)CC1. The molecule has 2 aliphatic heterocycles. The van der Waals surface area contributed by atoms with Crippen molar-refractivity contribution in [3.8, 4) is 0 Å². The minimum absolute atomic E-state index is 0.0160. The van der Waals surface area contributed by atoms with Crippen molar-refractivity contribution in [2.75, 3.05) is 39.3 Å². The number of amides is 1. The molecule has 2 rings (SSSR count). The number of rotatable bonds is 2. The van der Waals surface area contributed by atoms with Gasteiger partial charge in [-0.1, -0.05) is 13.8 Å². The van der Waals surface area contributed by atoms with Gasteiger partial charge in [0.1, 0.15) is 0 Å². The molecule has 0 spiro atoms. The van der Waals surface area contributed by atoms with Gasteiger partial charge in [-0.25, -0.2) is 0 Å². The van der Waals surface area contributed by atoms with E-state index in [1.165, 1.54) is 11.2 Å². The van der Waals surface area contributed by atoms with Crippen LogP contribution in [0.25, 0.3) is 0 Å². The van der Waals surface area contributed by atoms with E-state index in [1.54, 1.807) is 9.21 Å². The molecule has 20 heavy (non-hydrogen) atoms. The van der Waals surface area contributed by atoms with E-state index < -0.39 is 10.2 Å². The molecule has 2 heterocycles. The second-order valence-corrected chi connectivity index (χ2v) is 8.10. The quantitative estimate of drug-likeness (QED) is 0.740. The number of piperazine rings is 1. The van der Waals surface area contributed by atoms with Gasteiger partial charge < -0.3 is 4.90 Å². The zero-order valence-corrected chi connectivity index (χ0v) is 13.4. The van der Waals surface area contributed by atoms with Crippen LogP contribution >= 0.6 is 0 Å². The highest BCUT2D eigenvalue weighted by atomic mass is 32.2. The Kier molecular flexibility index (Phi) is 4.71. The van der Waals surface area contributed by atoms with Crippen molar-refractivity contribution in [2.24, 2.45) is 11.8 Å². The Morgan fingerprint density at radius 1 is 0.950 bits per heavy atom. The van der Waals surface area contributed by atoms with Crippen molar-refractivity contribution in [3.63, 3.8) is 0 Å². The number of nitrogens with zero attached hydrogens (tertiary/aromatic N) is 3. The lowest BCUT2D eigenvalue weighted by atomic mass is 9.94. The van der Waals surface area contributed by atoms with Crippen LogP contribution in [0.5, 0.6) is 0 Å². The molecule has 0 aliphatic carbocycles. The fourth-order valence-electron chi connectivity index (χ4n) is 3.19. The van der Waals surface area contributed by atoms with E-state index in [1.807, 2.05) is 0 Å². The average molecular weight is 303 g/mol. The molecule has 0 saturated carbocycles. The van der Waals surface area contributed by atoms with Crippen LogP contribution in [0.15, 0.2) is 0 Å². The molecule has 1 amide bonds. The van der Waals surface area contributed by atoms with E-state index >= 15 is 0 Å². The summed E-state index contributed by atoms with van der Waals surface area (Å²) in [6, 6.07) is 0. The predicted octanol–water partition coefficient (Wildman–Crippen LogP) is 0.373. The van der Waals surface area contributed by atoms with Gasteiger partial charge in [0.05, 0.1) is 0 Å².